The van der Waals surface area contributed by atoms with Crippen LogP contribution in [-0.4, -0.2) is 56.1 Å². The molecule has 0 amide bonds. The third kappa shape index (κ3) is 2.42. The molecular weight excluding hydrogens is 188 g/mol. The van der Waals surface area contributed by atoms with Crippen molar-refractivity contribution in [3.8, 4) is 0 Å². The average molecular weight is 206 g/mol. The summed E-state index contributed by atoms with van der Waals surface area (Å²) < 4.78 is 25.0. The van der Waals surface area contributed by atoms with Crippen LogP contribution in [0.2, 0.25) is 0 Å². The van der Waals surface area contributed by atoms with Crippen molar-refractivity contribution in [2.75, 3.05) is 33.2 Å². The van der Waals surface area contributed by atoms with Gasteiger partial charge in [-0.1, -0.05) is 0 Å². The number of likely N-dealkylation sites (N-methyl/N-ethyl adjacent to an activating group) is 1. The van der Waals surface area contributed by atoms with E-state index in [-0.39, 0.29) is 5.25 Å². The molecule has 0 aromatic rings. The Balaban J connectivity index is 2.64. The van der Waals surface area contributed by atoms with Gasteiger partial charge in [0.1, 0.15) is 0 Å². The van der Waals surface area contributed by atoms with Crippen molar-refractivity contribution in [2.24, 2.45) is 0 Å². The molecule has 0 aromatic heterocycles. The molecule has 5 heteroatoms. The SMILES string of the molecule is CC(C)S(=O)(=O)N1CCN(C)CC1. The number of hydrogen-bond donors (Lipinski definition) is 0. The highest BCUT2D eigenvalue weighted by atomic mass is 32.2. The normalized spacial score (nSPS) is 22.5. The topological polar surface area (TPSA) is 40.6 Å². The molecule has 4 nitrogen and oxygen atoms in total. The van der Waals surface area contributed by atoms with E-state index in [0.29, 0.717) is 13.1 Å². The van der Waals surface area contributed by atoms with Crippen molar-refractivity contribution in [3.05, 3.63) is 0 Å². The minimum atomic E-state index is -3.02. The lowest BCUT2D eigenvalue weighted by Crippen LogP contribution is -2.49. The molecule has 0 unspecified atom stereocenters. The van der Waals surface area contributed by atoms with E-state index in [1.807, 2.05) is 7.05 Å². The van der Waals surface area contributed by atoms with Gasteiger partial charge in [0.2, 0.25) is 10.0 Å². The first kappa shape index (κ1) is 10.9. The van der Waals surface area contributed by atoms with Gasteiger partial charge in [-0.15, -0.1) is 0 Å². The van der Waals surface area contributed by atoms with Crippen molar-refractivity contribution in [1.82, 2.24) is 9.21 Å². The van der Waals surface area contributed by atoms with Crippen LogP contribution in [0.25, 0.3) is 0 Å². The molecule has 0 bridgehead atoms. The maximum atomic E-state index is 11.7. The summed E-state index contributed by atoms with van der Waals surface area (Å²) in [5.74, 6) is 0. The zero-order valence-electron chi connectivity index (χ0n) is 8.52. The van der Waals surface area contributed by atoms with Crippen LogP contribution in [0.15, 0.2) is 0 Å². The summed E-state index contributed by atoms with van der Waals surface area (Å²) in [5.41, 5.74) is 0. The van der Waals surface area contributed by atoms with Crippen molar-refractivity contribution < 1.29 is 8.42 Å². The number of hydrogen-bond acceptors (Lipinski definition) is 3. The van der Waals surface area contributed by atoms with Crippen molar-refractivity contribution in [3.63, 3.8) is 0 Å². The van der Waals surface area contributed by atoms with Crippen LogP contribution < -0.4 is 0 Å². The van der Waals surface area contributed by atoms with Crippen LogP contribution in [0.4, 0.5) is 0 Å². The quantitative estimate of drug-likeness (QED) is 0.637. The highest BCUT2D eigenvalue weighted by Gasteiger charge is 2.27. The average Bonchev–Trinajstić information content (AvgIpc) is 2.04. The van der Waals surface area contributed by atoms with E-state index in [9.17, 15) is 8.42 Å². The third-order valence-electron chi connectivity index (χ3n) is 2.42. The Morgan fingerprint density at radius 1 is 1.08 bits per heavy atom. The number of rotatable bonds is 2. The number of sulfonamides is 1. The monoisotopic (exact) mass is 206 g/mol. The summed E-state index contributed by atoms with van der Waals surface area (Å²) >= 11 is 0. The van der Waals surface area contributed by atoms with Gasteiger partial charge in [0.05, 0.1) is 5.25 Å². The second-order valence-corrected chi connectivity index (χ2v) is 6.29. The van der Waals surface area contributed by atoms with Gasteiger partial charge >= 0.3 is 0 Å². The highest BCUT2D eigenvalue weighted by Crippen LogP contribution is 2.10. The molecule has 1 heterocycles. The van der Waals surface area contributed by atoms with Gasteiger partial charge in [0.15, 0.2) is 0 Å². The van der Waals surface area contributed by atoms with Crippen LogP contribution >= 0.6 is 0 Å². The summed E-state index contributed by atoms with van der Waals surface area (Å²) in [6.45, 7) is 6.41. The molecule has 78 valence electrons. The first-order chi connectivity index (χ1) is 5.94. The van der Waals surface area contributed by atoms with Crippen LogP contribution in [0.3, 0.4) is 0 Å². The predicted octanol–water partition coefficient (Wildman–Crippen LogP) is -0.0280. The first-order valence-electron chi connectivity index (χ1n) is 4.62. The zero-order valence-corrected chi connectivity index (χ0v) is 9.34. The molecule has 1 aliphatic rings. The Morgan fingerprint density at radius 3 is 1.92 bits per heavy atom. The molecule has 0 spiro atoms. The van der Waals surface area contributed by atoms with Gasteiger partial charge < -0.3 is 4.90 Å². The lowest BCUT2D eigenvalue weighted by Gasteiger charge is -2.32. The second-order valence-electron chi connectivity index (χ2n) is 3.80. The minimum Gasteiger partial charge on any atom is -0.304 e. The molecule has 0 atom stereocenters. The molecule has 1 fully saturated rings. The first-order valence-corrected chi connectivity index (χ1v) is 6.12. The fraction of sp³-hybridized carbons (Fsp3) is 1.00. The standard InChI is InChI=1S/C8H18N2O2S/c1-8(2)13(11,12)10-6-4-9(3)5-7-10/h8H,4-7H2,1-3H3. The lowest BCUT2D eigenvalue weighted by atomic mass is 10.4. The van der Waals surface area contributed by atoms with E-state index in [2.05, 4.69) is 4.90 Å². The molecule has 0 N–H and O–H groups in total. The van der Waals surface area contributed by atoms with Gasteiger partial charge in [-0.05, 0) is 20.9 Å². The van der Waals surface area contributed by atoms with Crippen LogP contribution in [0.1, 0.15) is 13.8 Å². The fourth-order valence-corrected chi connectivity index (χ4v) is 2.61. The molecule has 1 saturated heterocycles. The molecule has 13 heavy (non-hydrogen) atoms. The molecule has 0 aliphatic carbocycles. The van der Waals surface area contributed by atoms with E-state index in [1.165, 1.54) is 0 Å². The summed E-state index contributed by atoms with van der Waals surface area (Å²) in [6.07, 6.45) is 0. The minimum absolute atomic E-state index is 0.295. The Bertz CT molecular complexity index is 253. The third-order valence-corrected chi connectivity index (χ3v) is 4.69. The van der Waals surface area contributed by atoms with Gasteiger partial charge in [-0.25, -0.2) is 8.42 Å². The highest BCUT2D eigenvalue weighted by molar-refractivity contribution is 7.89. The molecule has 0 radical (unpaired) electrons. The van der Waals surface area contributed by atoms with Crippen molar-refractivity contribution >= 4 is 10.0 Å². The fourth-order valence-electron chi connectivity index (χ4n) is 1.34. The van der Waals surface area contributed by atoms with E-state index in [1.54, 1.807) is 18.2 Å². The molecular formula is C8H18N2O2S. The van der Waals surface area contributed by atoms with Crippen LogP contribution in [0.5, 0.6) is 0 Å². The zero-order chi connectivity index (χ0) is 10.1. The van der Waals surface area contributed by atoms with Gasteiger partial charge in [-0.3, -0.25) is 0 Å². The molecule has 0 aromatic carbocycles. The van der Waals surface area contributed by atoms with E-state index >= 15 is 0 Å². The van der Waals surface area contributed by atoms with E-state index < -0.39 is 10.0 Å². The predicted molar refractivity (Wildman–Crippen MR) is 53.1 cm³/mol. The van der Waals surface area contributed by atoms with Gasteiger partial charge in [0, 0.05) is 26.2 Å². The Hall–Kier alpha value is -0.130. The Kier molecular flexibility index (Phi) is 3.32. The summed E-state index contributed by atoms with van der Waals surface area (Å²) in [7, 11) is -1.00. The van der Waals surface area contributed by atoms with E-state index in [4.69, 9.17) is 0 Å². The van der Waals surface area contributed by atoms with Crippen molar-refractivity contribution in [1.29, 1.82) is 0 Å². The second kappa shape index (κ2) is 3.94. The lowest BCUT2D eigenvalue weighted by molar-refractivity contribution is 0.221. The largest absolute Gasteiger partial charge is 0.304 e. The number of nitrogens with zero attached hydrogens (tertiary/aromatic N) is 2. The molecule has 1 aliphatic heterocycles. The summed E-state index contributed by atoms with van der Waals surface area (Å²) in [4.78, 5) is 2.15. The van der Waals surface area contributed by atoms with E-state index in [0.717, 1.165) is 13.1 Å². The Labute approximate surface area is 80.6 Å². The van der Waals surface area contributed by atoms with Gasteiger partial charge in [0.25, 0.3) is 0 Å². The Morgan fingerprint density at radius 2 is 1.54 bits per heavy atom. The number of piperazine rings is 1. The van der Waals surface area contributed by atoms with Gasteiger partial charge in [-0.2, -0.15) is 4.31 Å². The molecule has 1 rings (SSSR count). The summed E-state index contributed by atoms with van der Waals surface area (Å²) in [5, 5.41) is -0.295. The maximum absolute atomic E-state index is 11.7. The van der Waals surface area contributed by atoms with Crippen LogP contribution in [0, 0.1) is 0 Å². The van der Waals surface area contributed by atoms with Crippen molar-refractivity contribution in [2.45, 2.75) is 19.1 Å². The molecule has 0 saturated carbocycles. The smallest absolute Gasteiger partial charge is 0.216 e. The maximum Gasteiger partial charge on any atom is 0.216 e. The summed E-state index contributed by atoms with van der Waals surface area (Å²) in [6, 6.07) is 0. The van der Waals surface area contributed by atoms with Crippen LogP contribution in [-0.2, 0) is 10.0 Å².